The Morgan fingerprint density at radius 2 is 1.94 bits per heavy atom. The highest BCUT2D eigenvalue weighted by atomic mass is 16.5. The van der Waals surface area contributed by atoms with Crippen LogP contribution in [0.5, 0.6) is 5.75 Å². The van der Waals surface area contributed by atoms with Crippen LogP contribution in [0.2, 0.25) is 0 Å². The summed E-state index contributed by atoms with van der Waals surface area (Å²) in [5.74, 6) is 1.72. The first-order valence-corrected chi connectivity index (χ1v) is 5.21. The molecule has 0 fully saturated rings. The summed E-state index contributed by atoms with van der Waals surface area (Å²) in [6.45, 7) is 5.88. The van der Waals surface area contributed by atoms with E-state index in [1.165, 1.54) is 0 Å². The van der Waals surface area contributed by atoms with Crippen molar-refractivity contribution in [1.29, 1.82) is 0 Å². The van der Waals surface area contributed by atoms with Gasteiger partial charge in [-0.3, -0.25) is 0 Å². The van der Waals surface area contributed by atoms with Gasteiger partial charge in [0, 0.05) is 5.56 Å². The molecule has 0 aliphatic carbocycles. The second-order valence-corrected chi connectivity index (χ2v) is 3.88. The van der Waals surface area contributed by atoms with Crippen LogP contribution in [0.4, 0.5) is 0 Å². The second kappa shape index (κ2) is 4.00. The highest BCUT2D eigenvalue weighted by Gasteiger charge is 2.12. The number of benzene rings is 1. The summed E-state index contributed by atoms with van der Waals surface area (Å²) in [4.78, 5) is 0. The minimum atomic E-state index is 0.836. The monoisotopic (exact) mass is 217 g/mol. The van der Waals surface area contributed by atoms with Gasteiger partial charge in [-0.05, 0) is 38.0 Å². The van der Waals surface area contributed by atoms with E-state index in [0.717, 1.165) is 33.9 Å². The number of hydrogen-bond donors (Lipinski definition) is 0. The fourth-order valence-electron chi connectivity index (χ4n) is 1.87. The summed E-state index contributed by atoms with van der Waals surface area (Å²) < 4.78 is 10.5. The summed E-state index contributed by atoms with van der Waals surface area (Å²) >= 11 is 0. The Kier molecular flexibility index (Phi) is 2.69. The van der Waals surface area contributed by atoms with Crippen molar-refractivity contribution >= 4 is 0 Å². The lowest BCUT2D eigenvalue weighted by Gasteiger charge is -2.07. The van der Waals surface area contributed by atoms with Gasteiger partial charge in [-0.1, -0.05) is 17.3 Å². The van der Waals surface area contributed by atoms with Gasteiger partial charge in [0.25, 0.3) is 0 Å². The predicted molar refractivity (Wildman–Crippen MR) is 62.7 cm³/mol. The number of methoxy groups -OCH3 is 1. The number of aryl methyl sites for hydroxylation is 3. The van der Waals surface area contributed by atoms with Gasteiger partial charge >= 0.3 is 0 Å². The van der Waals surface area contributed by atoms with Gasteiger partial charge in [0.15, 0.2) is 0 Å². The van der Waals surface area contributed by atoms with Gasteiger partial charge < -0.3 is 9.26 Å². The summed E-state index contributed by atoms with van der Waals surface area (Å²) in [5, 5.41) is 3.95. The van der Waals surface area contributed by atoms with E-state index in [-0.39, 0.29) is 0 Å². The lowest BCUT2D eigenvalue weighted by molar-refractivity contribution is 0.393. The molecule has 1 aromatic heterocycles. The van der Waals surface area contributed by atoms with Gasteiger partial charge in [-0.2, -0.15) is 0 Å². The van der Waals surface area contributed by atoms with Crippen molar-refractivity contribution in [2.45, 2.75) is 20.8 Å². The minimum absolute atomic E-state index is 0.836. The van der Waals surface area contributed by atoms with Crippen LogP contribution in [0.1, 0.15) is 17.0 Å². The molecule has 2 rings (SSSR count). The topological polar surface area (TPSA) is 35.3 Å². The van der Waals surface area contributed by atoms with Crippen molar-refractivity contribution in [3.05, 3.63) is 35.2 Å². The van der Waals surface area contributed by atoms with E-state index < -0.39 is 0 Å². The number of ether oxygens (including phenoxy) is 1. The van der Waals surface area contributed by atoms with Crippen molar-refractivity contribution < 1.29 is 9.26 Å². The molecule has 1 heterocycles. The molecular weight excluding hydrogens is 202 g/mol. The largest absolute Gasteiger partial charge is 0.496 e. The van der Waals surface area contributed by atoms with Gasteiger partial charge in [0.2, 0.25) is 0 Å². The van der Waals surface area contributed by atoms with Crippen LogP contribution in [-0.4, -0.2) is 12.3 Å². The molecule has 0 radical (unpaired) electrons. The smallest absolute Gasteiger partial charge is 0.141 e. The summed E-state index contributed by atoms with van der Waals surface area (Å²) in [7, 11) is 1.68. The maximum atomic E-state index is 5.31. The first-order valence-electron chi connectivity index (χ1n) is 5.21. The predicted octanol–water partition coefficient (Wildman–Crippen LogP) is 3.28. The van der Waals surface area contributed by atoms with Crippen molar-refractivity contribution in [3.8, 4) is 16.9 Å². The lowest BCUT2D eigenvalue weighted by Crippen LogP contribution is -1.89. The zero-order valence-electron chi connectivity index (χ0n) is 10.00. The van der Waals surface area contributed by atoms with E-state index in [2.05, 4.69) is 11.2 Å². The lowest BCUT2D eigenvalue weighted by atomic mass is 10.0. The van der Waals surface area contributed by atoms with Crippen LogP contribution >= 0.6 is 0 Å². The molecule has 16 heavy (non-hydrogen) atoms. The average Bonchev–Trinajstić information content (AvgIpc) is 2.60. The number of rotatable bonds is 2. The van der Waals surface area contributed by atoms with Crippen LogP contribution in [0.25, 0.3) is 11.1 Å². The fourth-order valence-corrected chi connectivity index (χ4v) is 1.87. The molecule has 2 aromatic rings. The highest BCUT2D eigenvalue weighted by molar-refractivity contribution is 5.69. The standard InChI is InChI=1S/C13H15NO2/c1-8-5-6-11(7-12(8)15-4)13-9(2)14-16-10(13)3/h5-7H,1-4H3. The zero-order valence-corrected chi connectivity index (χ0v) is 10.00. The van der Waals surface area contributed by atoms with E-state index in [4.69, 9.17) is 9.26 Å². The summed E-state index contributed by atoms with van der Waals surface area (Å²) in [5.41, 5.74) is 4.17. The van der Waals surface area contributed by atoms with Crippen molar-refractivity contribution in [1.82, 2.24) is 5.16 Å². The third-order valence-corrected chi connectivity index (χ3v) is 2.73. The molecule has 3 heteroatoms. The van der Waals surface area contributed by atoms with Crippen molar-refractivity contribution in [2.75, 3.05) is 7.11 Å². The maximum absolute atomic E-state index is 5.31. The minimum Gasteiger partial charge on any atom is -0.496 e. The van der Waals surface area contributed by atoms with Gasteiger partial charge in [-0.25, -0.2) is 0 Å². The molecule has 0 saturated carbocycles. The number of aromatic nitrogens is 1. The van der Waals surface area contributed by atoms with Crippen molar-refractivity contribution in [2.24, 2.45) is 0 Å². The average molecular weight is 217 g/mol. The SMILES string of the molecule is COc1cc(-c2c(C)noc2C)ccc1C. The molecule has 0 aliphatic heterocycles. The fraction of sp³-hybridized carbons (Fsp3) is 0.308. The third kappa shape index (κ3) is 1.69. The molecule has 0 amide bonds. The van der Waals surface area contributed by atoms with Crippen LogP contribution in [0.15, 0.2) is 22.7 Å². The number of nitrogens with zero attached hydrogens (tertiary/aromatic N) is 1. The van der Waals surface area contributed by atoms with E-state index >= 15 is 0 Å². The molecule has 0 aliphatic rings. The molecule has 0 bridgehead atoms. The van der Waals surface area contributed by atoms with E-state index in [1.54, 1.807) is 7.11 Å². The molecule has 0 spiro atoms. The molecule has 84 valence electrons. The Morgan fingerprint density at radius 3 is 2.50 bits per heavy atom. The molecule has 0 N–H and O–H groups in total. The van der Waals surface area contributed by atoms with E-state index in [9.17, 15) is 0 Å². The number of hydrogen-bond acceptors (Lipinski definition) is 3. The van der Waals surface area contributed by atoms with Crippen LogP contribution in [0.3, 0.4) is 0 Å². The van der Waals surface area contributed by atoms with Crippen LogP contribution in [-0.2, 0) is 0 Å². The third-order valence-electron chi connectivity index (χ3n) is 2.73. The summed E-state index contributed by atoms with van der Waals surface area (Å²) in [6.07, 6.45) is 0. The second-order valence-electron chi connectivity index (χ2n) is 3.88. The Morgan fingerprint density at radius 1 is 1.19 bits per heavy atom. The quantitative estimate of drug-likeness (QED) is 0.774. The van der Waals surface area contributed by atoms with Crippen LogP contribution in [0, 0.1) is 20.8 Å². The van der Waals surface area contributed by atoms with Crippen molar-refractivity contribution in [3.63, 3.8) is 0 Å². The van der Waals surface area contributed by atoms with Gasteiger partial charge in [0.1, 0.15) is 11.5 Å². The van der Waals surface area contributed by atoms with Gasteiger partial charge in [0.05, 0.1) is 12.8 Å². The molecule has 3 nitrogen and oxygen atoms in total. The summed E-state index contributed by atoms with van der Waals surface area (Å²) in [6, 6.07) is 6.12. The Labute approximate surface area is 95.0 Å². The maximum Gasteiger partial charge on any atom is 0.141 e. The molecule has 0 atom stereocenters. The molecule has 1 aromatic carbocycles. The first-order chi connectivity index (χ1) is 7.63. The Bertz CT molecular complexity index is 495. The Balaban J connectivity index is 2.57. The highest BCUT2D eigenvalue weighted by Crippen LogP contribution is 2.30. The first kappa shape index (κ1) is 10.7. The van der Waals surface area contributed by atoms with Gasteiger partial charge in [-0.15, -0.1) is 0 Å². The zero-order chi connectivity index (χ0) is 11.7. The van der Waals surface area contributed by atoms with E-state index in [0.29, 0.717) is 0 Å². The molecule has 0 unspecified atom stereocenters. The van der Waals surface area contributed by atoms with Crippen LogP contribution < -0.4 is 4.74 Å². The molecule has 0 saturated heterocycles. The Hall–Kier alpha value is -1.77. The van der Waals surface area contributed by atoms with E-state index in [1.807, 2.05) is 32.9 Å². The normalized spacial score (nSPS) is 10.5. The molecular formula is C13H15NO2.